The Labute approximate surface area is 249 Å². The minimum absolute atomic E-state index is 0.0667. The number of imidazole rings is 1. The average molecular weight is 579 g/mol. The summed E-state index contributed by atoms with van der Waals surface area (Å²) >= 11 is 0. The van der Waals surface area contributed by atoms with Crippen LogP contribution in [-0.2, 0) is 24.2 Å². The lowest BCUT2D eigenvalue weighted by molar-refractivity contribution is -0.129. The van der Waals surface area contributed by atoms with Crippen LogP contribution in [0.5, 0.6) is 0 Å². The highest BCUT2D eigenvalue weighted by atomic mass is 16.5. The fraction of sp³-hybridized carbons (Fsp3) is 0.250. The number of nitrogens with zero attached hydrogens (tertiary/aromatic N) is 5. The fourth-order valence-electron chi connectivity index (χ4n) is 5.03. The number of hydrogen-bond donors (Lipinski definition) is 4. The number of amides is 2. The third-order valence-electron chi connectivity index (χ3n) is 7.19. The molecule has 0 saturated carbocycles. The second-order valence-corrected chi connectivity index (χ2v) is 10.4. The lowest BCUT2D eigenvalue weighted by Crippen LogP contribution is -2.40. The molecule has 220 valence electrons. The second-order valence-electron chi connectivity index (χ2n) is 10.4. The zero-order valence-electron chi connectivity index (χ0n) is 23.9. The van der Waals surface area contributed by atoms with E-state index in [1.165, 1.54) is 0 Å². The van der Waals surface area contributed by atoms with Gasteiger partial charge in [-0.1, -0.05) is 92.2 Å². The molecule has 2 aromatic heterocycles. The predicted octanol–water partition coefficient (Wildman–Crippen LogP) is 4.36. The molecule has 2 amide bonds. The Kier molecular flexibility index (Phi) is 9.65. The van der Waals surface area contributed by atoms with Crippen molar-refractivity contribution in [3.05, 3.63) is 108 Å². The quantitative estimate of drug-likeness (QED) is 0.120. The van der Waals surface area contributed by atoms with Crippen molar-refractivity contribution in [2.45, 2.75) is 51.6 Å². The van der Waals surface area contributed by atoms with Crippen molar-refractivity contribution in [1.82, 2.24) is 41.0 Å². The van der Waals surface area contributed by atoms with E-state index < -0.39 is 11.9 Å². The standard InChI is InChI=1S/C32H34N8O3/c1-2-3-13-29-34-28(32(42)33-25(19-30(41)37-43)18-22-9-5-4-6-10-22)21-40(29)20-23-14-16-24(17-15-23)26-11-7-8-12-27(26)31-35-38-39-36-31/h4-12,14-17,21,25,43H,2-3,13,18-20H2,1H3,(H,33,42)(H,37,41)(H,35,36,38,39)/t25-/m1/s1. The van der Waals surface area contributed by atoms with Crippen molar-refractivity contribution < 1.29 is 14.8 Å². The Hall–Kier alpha value is -5.16. The number of hydroxylamine groups is 1. The lowest BCUT2D eigenvalue weighted by atomic mass is 9.98. The Bertz CT molecular complexity index is 1630. The van der Waals surface area contributed by atoms with Gasteiger partial charge in [0.1, 0.15) is 11.5 Å². The maximum atomic E-state index is 13.3. The molecule has 0 radical (unpaired) electrons. The molecule has 0 saturated heterocycles. The molecule has 3 aromatic carbocycles. The highest BCUT2D eigenvalue weighted by molar-refractivity contribution is 5.92. The van der Waals surface area contributed by atoms with Gasteiger partial charge in [0.15, 0.2) is 0 Å². The maximum absolute atomic E-state index is 13.3. The number of rotatable bonds is 13. The summed E-state index contributed by atoms with van der Waals surface area (Å²) in [5.41, 5.74) is 6.89. The van der Waals surface area contributed by atoms with Crippen molar-refractivity contribution in [3.63, 3.8) is 0 Å². The van der Waals surface area contributed by atoms with Crippen molar-refractivity contribution in [2.24, 2.45) is 0 Å². The van der Waals surface area contributed by atoms with Crippen LogP contribution in [0.4, 0.5) is 0 Å². The molecule has 43 heavy (non-hydrogen) atoms. The number of aryl methyl sites for hydroxylation is 1. The average Bonchev–Trinajstić information content (AvgIpc) is 3.72. The SMILES string of the molecule is CCCCc1nc(C(=O)N[C@@H](CC(=O)NO)Cc2ccccc2)cn1Cc1ccc(-c2ccccc2-c2nn[nH]n2)cc1. The van der Waals surface area contributed by atoms with Crippen molar-refractivity contribution in [3.8, 4) is 22.5 Å². The van der Waals surface area contributed by atoms with Crippen molar-refractivity contribution >= 4 is 11.8 Å². The third-order valence-corrected chi connectivity index (χ3v) is 7.19. The number of nitrogens with one attached hydrogen (secondary N) is 3. The van der Waals surface area contributed by atoms with Crippen molar-refractivity contribution in [1.29, 1.82) is 0 Å². The van der Waals surface area contributed by atoms with Gasteiger partial charge in [0.25, 0.3) is 5.91 Å². The molecule has 11 nitrogen and oxygen atoms in total. The van der Waals surface area contributed by atoms with E-state index in [0.29, 0.717) is 24.5 Å². The Morgan fingerprint density at radius 2 is 1.70 bits per heavy atom. The molecule has 2 heterocycles. The van der Waals surface area contributed by atoms with Gasteiger partial charge >= 0.3 is 0 Å². The van der Waals surface area contributed by atoms with Gasteiger partial charge in [-0.05, 0) is 40.3 Å². The molecular weight excluding hydrogens is 544 g/mol. The number of carbonyl (C=O) groups is 2. The predicted molar refractivity (Wildman–Crippen MR) is 161 cm³/mol. The van der Waals surface area contributed by atoms with Gasteiger partial charge in [-0.25, -0.2) is 10.5 Å². The highest BCUT2D eigenvalue weighted by Gasteiger charge is 2.21. The summed E-state index contributed by atoms with van der Waals surface area (Å²) in [6, 6.07) is 25.2. The molecule has 5 rings (SSSR count). The van der Waals surface area contributed by atoms with Gasteiger partial charge in [0.05, 0.1) is 0 Å². The molecule has 11 heteroatoms. The summed E-state index contributed by atoms with van der Waals surface area (Å²) < 4.78 is 2.01. The van der Waals surface area contributed by atoms with Crippen LogP contribution in [0.1, 0.15) is 53.6 Å². The number of tetrazole rings is 1. The van der Waals surface area contributed by atoms with E-state index in [4.69, 9.17) is 5.21 Å². The number of aromatic amines is 1. The number of benzene rings is 3. The highest BCUT2D eigenvalue weighted by Crippen LogP contribution is 2.30. The van der Waals surface area contributed by atoms with Crippen LogP contribution in [-0.4, -0.2) is 53.2 Å². The van der Waals surface area contributed by atoms with Gasteiger partial charge in [-0.15, -0.1) is 10.2 Å². The molecule has 0 spiro atoms. The zero-order valence-corrected chi connectivity index (χ0v) is 23.9. The van der Waals surface area contributed by atoms with Crippen LogP contribution < -0.4 is 10.8 Å². The molecular formula is C32H34N8O3. The van der Waals surface area contributed by atoms with E-state index in [1.807, 2.05) is 59.2 Å². The molecule has 0 fully saturated rings. The Morgan fingerprint density at radius 3 is 2.40 bits per heavy atom. The summed E-state index contributed by atoms with van der Waals surface area (Å²) in [4.78, 5) is 30.0. The topological polar surface area (TPSA) is 151 Å². The smallest absolute Gasteiger partial charge is 0.271 e. The third kappa shape index (κ3) is 7.57. The van der Waals surface area contributed by atoms with Crippen LogP contribution in [0.2, 0.25) is 0 Å². The summed E-state index contributed by atoms with van der Waals surface area (Å²) in [7, 11) is 0. The molecule has 0 aliphatic heterocycles. The minimum Gasteiger partial charge on any atom is -0.347 e. The second kappa shape index (κ2) is 14.1. The first kappa shape index (κ1) is 29.3. The molecule has 0 aliphatic carbocycles. The van der Waals surface area contributed by atoms with Crippen molar-refractivity contribution in [2.75, 3.05) is 0 Å². The molecule has 4 N–H and O–H groups in total. The van der Waals surface area contributed by atoms with Gasteiger partial charge in [-0.2, -0.15) is 5.21 Å². The molecule has 0 unspecified atom stereocenters. The number of H-pyrrole nitrogens is 1. The molecule has 5 aromatic rings. The van der Waals surface area contributed by atoms with Gasteiger partial charge in [0, 0.05) is 37.2 Å². The van der Waals surface area contributed by atoms with E-state index in [0.717, 1.165) is 52.9 Å². The normalized spacial score (nSPS) is 11.7. The molecule has 0 aliphatic rings. The van der Waals surface area contributed by atoms with Crippen LogP contribution in [0.25, 0.3) is 22.5 Å². The first-order chi connectivity index (χ1) is 21.0. The van der Waals surface area contributed by atoms with E-state index in [1.54, 1.807) is 11.7 Å². The number of aromatic nitrogens is 6. The monoisotopic (exact) mass is 578 g/mol. The van der Waals surface area contributed by atoms with Crippen LogP contribution in [0.3, 0.4) is 0 Å². The number of carbonyl (C=O) groups excluding carboxylic acids is 2. The fourth-order valence-corrected chi connectivity index (χ4v) is 5.03. The summed E-state index contributed by atoms with van der Waals surface area (Å²) in [6.45, 7) is 2.67. The number of unbranched alkanes of at least 4 members (excludes halogenated alkanes) is 1. The summed E-state index contributed by atoms with van der Waals surface area (Å²) in [6.07, 6.45) is 4.82. The Balaban J connectivity index is 1.34. The van der Waals surface area contributed by atoms with Gasteiger partial charge < -0.3 is 9.88 Å². The molecule has 0 bridgehead atoms. The first-order valence-corrected chi connectivity index (χ1v) is 14.3. The summed E-state index contributed by atoms with van der Waals surface area (Å²) in [5, 5.41) is 26.5. The first-order valence-electron chi connectivity index (χ1n) is 14.3. The van der Waals surface area contributed by atoms with E-state index >= 15 is 0 Å². The van der Waals surface area contributed by atoms with Gasteiger partial charge in [-0.3, -0.25) is 14.8 Å². The summed E-state index contributed by atoms with van der Waals surface area (Å²) in [5.74, 6) is 0.425. The maximum Gasteiger partial charge on any atom is 0.271 e. The van der Waals surface area contributed by atoms with Crippen LogP contribution >= 0.6 is 0 Å². The molecule has 1 atom stereocenters. The van der Waals surface area contributed by atoms with Crippen LogP contribution in [0, 0.1) is 0 Å². The zero-order chi connectivity index (χ0) is 30.0. The largest absolute Gasteiger partial charge is 0.347 e. The van der Waals surface area contributed by atoms with Crippen LogP contribution in [0.15, 0.2) is 85.1 Å². The minimum atomic E-state index is -0.571. The van der Waals surface area contributed by atoms with E-state index in [2.05, 4.69) is 62.1 Å². The van der Waals surface area contributed by atoms with E-state index in [-0.39, 0.29) is 12.3 Å². The Morgan fingerprint density at radius 1 is 0.953 bits per heavy atom. The van der Waals surface area contributed by atoms with Gasteiger partial charge in [0.2, 0.25) is 11.7 Å². The lowest BCUT2D eigenvalue weighted by Gasteiger charge is -2.17. The van der Waals surface area contributed by atoms with E-state index in [9.17, 15) is 9.59 Å². The number of hydrogen-bond acceptors (Lipinski definition) is 7.